The largest absolute Gasteiger partial charge is 0.332 e. The molecule has 0 radical (unpaired) electrons. The van der Waals surface area contributed by atoms with E-state index >= 15 is 0 Å². The van der Waals surface area contributed by atoms with Crippen LogP contribution in [0.2, 0.25) is 5.15 Å². The molecule has 0 saturated heterocycles. The lowest BCUT2D eigenvalue weighted by Gasteiger charge is -2.03. The molecule has 2 aromatic heterocycles. The molecule has 0 atom stereocenters. The number of halogens is 2. The van der Waals surface area contributed by atoms with Crippen molar-refractivity contribution in [3.8, 4) is 5.69 Å². The number of aromatic amines is 1. The first-order chi connectivity index (χ1) is 8.66. The minimum atomic E-state index is -0.404. The number of aromatic nitrogens is 4. The standard InChI is InChI=1S/C11H6ClFN4O/c12-9-8-10(15-5-14-9)16-11(18)17(8)7-3-1-6(13)2-4-7/h1-5H,(H,14,15,16,18). The molecule has 0 aliphatic carbocycles. The maximum atomic E-state index is 12.9. The van der Waals surface area contributed by atoms with Crippen LogP contribution in [0.3, 0.4) is 0 Å². The molecule has 0 amide bonds. The highest BCUT2D eigenvalue weighted by molar-refractivity contribution is 6.33. The van der Waals surface area contributed by atoms with Crippen LogP contribution in [0.25, 0.3) is 16.9 Å². The van der Waals surface area contributed by atoms with Crippen molar-refractivity contribution in [3.05, 3.63) is 52.0 Å². The van der Waals surface area contributed by atoms with E-state index in [4.69, 9.17) is 11.6 Å². The Labute approximate surface area is 105 Å². The molecule has 90 valence electrons. The van der Waals surface area contributed by atoms with E-state index < -0.39 is 5.69 Å². The van der Waals surface area contributed by atoms with Gasteiger partial charge in [-0.05, 0) is 24.3 Å². The maximum absolute atomic E-state index is 12.9. The molecule has 0 spiro atoms. The van der Waals surface area contributed by atoms with Gasteiger partial charge in [0.15, 0.2) is 10.8 Å². The molecule has 0 bridgehead atoms. The third-order valence-corrected chi connectivity index (χ3v) is 2.79. The van der Waals surface area contributed by atoms with Crippen LogP contribution in [0, 0.1) is 5.82 Å². The Bertz CT molecular complexity index is 778. The van der Waals surface area contributed by atoms with Gasteiger partial charge in [0.05, 0.1) is 5.69 Å². The molecule has 0 fully saturated rings. The molecule has 0 saturated carbocycles. The van der Waals surface area contributed by atoms with Crippen LogP contribution in [0.4, 0.5) is 4.39 Å². The van der Waals surface area contributed by atoms with Gasteiger partial charge in [0.2, 0.25) is 0 Å². The van der Waals surface area contributed by atoms with Crippen molar-refractivity contribution in [2.75, 3.05) is 0 Å². The van der Waals surface area contributed by atoms with Gasteiger partial charge in [-0.15, -0.1) is 0 Å². The second-order valence-corrected chi connectivity index (χ2v) is 3.96. The molecule has 2 heterocycles. The van der Waals surface area contributed by atoms with E-state index in [1.807, 2.05) is 0 Å². The van der Waals surface area contributed by atoms with Gasteiger partial charge in [-0.3, -0.25) is 9.55 Å². The fourth-order valence-corrected chi connectivity index (χ4v) is 1.96. The summed E-state index contributed by atoms with van der Waals surface area (Å²) in [5.74, 6) is -0.381. The van der Waals surface area contributed by atoms with Crippen LogP contribution in [-0.2, 0) is 0 Å². The van der Waals surface area contributed by atoms with Crippen molar-refractivity contribution in [2.24, 2.45) is 0 Å². The van der Waals surface area contributed by atoms with E-state index in [9.17, 15) is 9.18 Å². The van der Waals surface area contributed by atoms with Gasteiger partial charge in [-0.1, -0.05) is 11.6 Å². The molecule has 0 aliphatic rings. The molecule has 1 N–H and O–H groups in total. The molecule has 7 heteroatoms. The molecule has 0 unspecified atom stereocenters. The number of hydrogen-bond donors (Lipinski definition) is 1. The minimum Gasteiger partial charge on any atom is -0.290 e. The number of nitrogens with zero attached hydrogens (tertiary/aromatic N) is 3. The number of rotatable bonds is 1. The number of H-pyrrole nitrogens is 1. The topological polar surface area (TPSA) is 63.6 Å². The zero-order valence-electron chi connectivity index (χ0n) is 8.89. The number of nitrogens with one attached hydrogen (secondary N) is 1. The molecular formula is C11H6ClFN4O. The lowest BCUT2D eigenvalue weighted by molar-refractivity contribution is 0.627. The minimum absolute atomic E-state index is 0.155. The third-order valence-electron chi connectivity index (χ3n) is 2.51. The second-order valence-electron chi connectivity index (χ2n) is 3.60. The van der Waals surface area contributed by atoms with Gasteiger partial charge in [-0.25, -0.2) is 19.2 Å². The first-order valence-corrected chi connectivity index (χ1v) is 5.42. The summed E-state index contributed by atoms with van der Waals surface area (Å²) >= 11 is 5.95. The lowest BCUT2D eigenvalue weighted by Crippen LogP contribution is -2.14. The van der Waals surface area contributed by atoms with Gasteiger partial charge >= 0.3 is 5.69 Å². The first kappa shape index (κ1) is 10.9. The van der Waals surface area contributed by atoms with Crippen LogP contribution in [0.15, 0.2) is 35.4 Å². The van der Waals surface area contributed by atoms with Gasteiger partial charge in [0.25, 0.3) is 0 Å². The smallest absolute Gasteiger partial charge is 0.290 e. The van der Waals surface area contributed by atoms with E-state index in [1.54, 1.807) is 0 Å². The Kier molecular flexibility index (Phi) is 2.38. The molecule has 3 rings (SSSR count). The molecule has 0 aliphatic heterocycles. The average Bonchev–Trinajstić information content (AvgIpc) is 2.68. The average molecular weight is 265 g/mol. The van der Waals surface area contributed by atoms with Crippen molar-refractivity contribution < 1.29 is 4.39 Å². The van der Waals surface area contributed by atoms with E-state index in [2.05, 4.69) is 15.0 Å². The van der Waals surface area contributed by atoms with Crippen molar-refractivity contribution in [2.45, 2.75) is 0 Å². The Morgan fingerprint density at radius 1 is 1.22 bits per heavy atom. The highest BCUT2D eigenvalue weighted by atomic mass is 35.5. The van der Waals surface area contributed by atoms with Crippen LogP contribution >= 0.6 is 11.6 Å². The Hall–Kier alpha value is -2.21. The van der Waals surface area contributed by atoms with Crippen LogP contribution in [0.1, 0.15) is 0 Å². The second kappa shape index (κ2) is 3.92. The maximum Gasteiger partial charge on any atom is 0.332 e. The molecule has 3 aromatic rings. The summed E-state index contributed by atoms with van der Waals surface area (Å²) in [5.41, 5.74) is 0.795. The summed E-state index contributed by atoms with van der Waals surface area (Å²) in [6.45, 7) is 0. The summed E-state index contributed by atoms with van der Waals surface area (Å²) in [6.07, 6.45) is 1.26. The Balaban J connectivity index is 2.38. The highest BCUT2D eigenvalue weighted by Crippen LogP contribution is 2.19. The number of imidazole rings is 1. The van der Waals surface area contributed by atoms with Gasteiger partial charge in [-0.2, -0.15) is 0 Å². The molecule has 18 heavy (non-hydrogen) atoms. The molecule has 5 nitrogen and oxygen atoms in total. The van der Waals surface area contributed by atoms with Gasteiger partial charge < -0.3 is 0 Å². The predicted molar refractivity (Wildman–Crippen MR) is 64.5 cm³/mol. The summed E-state index contributed by atoms with van der Waals surface area (Å²) in [6, 6.07) is 5.48. The number of fused-ring (bicyclic) bond motifs is 1. The van der Waals surface area contributed by atoms with Crippen molar-refractivity contribution in [1.82, 2.24) is 19.5 Å². The Morgan fingerprint density at radius 3 is 2.67 bits per heavy atom. The zero-order chi connectivity index (χ0) is 12.7. The van der Waals surface area contributed by atoms with E-state index in [1.165, 1.54) is 35.2 Å². The van der Waals surface area contributed by atoms with Crippen molar-refractivity contribution in [1.29, 1.82) is 0 Å². The fraction of sp³-hybridized carbons (Fsp3) is 0. The van der Waals surface area contributed by atoms with E-state index in [-0.39, 0.29) is 11.0 Å². The van der Waals surface area contributed by atoms with Crippen LogP contribution in [-0.4, -0.2) is 19.5 Å². The SMILES string of the molecule is O=c1[nH]c2ncnc(Cl)c2n1-c1ccc(F)cc1. The normalized spacial score (nSPS) is 11.0. The summed E-state index contributed by atoms with van der Waals surface area (Å²) in [5, 5.41) is 0.155. The fourth-order valence-electron chi connectivity index (χ4n) is 1.74. The van der Waals surface area contributed by atoms with Crippen molar-refractivity contribution >= 4 is 22.8 Å². The number of hydrogen-bond acceptors (Lipinski definition) is 3. The summed E-state index contributed by atoms with van der Waals surface area (Å²) < 4.78 is 14.2. The molecular weight excluding hydrogens is 259 g/mol. The third kappa shape index (κ3) is 1.58. The van der Waals surface area contributed by atoms with Gasteiger partial charge in [0, 0.05) is 0 Å². The molecule has 1 aromatic carbocycles. The summed E-state index contributed by atoms with van der Waals surface area (Å²) in [7, 11) is 0. The predicted octanol–water partition coefficient (Wildman–Crippen LogP) is 1.90. The van der Waals surface area contributed by atoms with E-state index in [0.29, 0.717) is 16.9 Å². The Morgan fingerprint density at radius 2 is 1.94 bits per heavy atom. The zero-order valence-corrected chi connectivity index (χ0v) is 9.65. The summed E-state index contributed by atoms with van der Waals surface area (Å²) in [4.78, 5) is 22.2. The van der Waals surface area contributed by atoms with Crippen LogP contribution < -0.4 is 5.69 Å². The monoisotopic (exact) mass is 264 g/mol. The van der Waals surface area contributed by atoms with Crippen LogP contribution in [0.5, 0.6) is 0 Å². The lowest BCUT2D eigenvalue weighted by atomic mass is 10.3. The van der Waals surface area contributed by atoms with Gasteiger partial charge in [0.1, 0.15) is 17.7 Å². The number of benzene rings is 1. The van der Waals surface area contributed by atoms with Crippen molar-refractivity contribution in [3.63, 3.8) is 0 Å². The first-order valence-electron chi connectivity index (χ1n) is 5.04. The highest BCUT2D eigenvalue weighted by Gasteiger charge is 2.13. The quantitative estimate of drug-likeness (QED) is 0.683. The van der Waals surface area contributed by atoms with E-state index in [0.717, 1.165) is 0 Å².